The Kier molecular flexibility index (Phi) is 4.03. The van der Waals surface area contributed by atoms with Gasteiger partial charge in [0.1, 0.15) is 28.4 Å². The number of halogens is 1. The van der Waals surface area contributed by atoms with Gasteiger partial charge in [0.25, 0.3) is 0 Å². The lowest BCUT2D eigenvalue weighted by molar-refractivity contribution is -0.614. The highest BCUT2D eigenvalue weighted by Crippen LogP contribution is 2.16. The highest BCUT2D eigenvalue weighted by Gasteiger charge is 2.22. The molecule has 17 heavy (non-hydrogen) atoms. The Morgan fingerprint density at radius 3 is 3.06 bits per heavy atom. The lowest BCUT2D eigenvalue weighted by Gasteiger charge is -2.21. The molecule has 1 aliphatic heterocycles. The van der Waals surface area contributed by atoms with Crippen LogP contribution in [0.15, 0.2) is 6.33 Å². The summed E-state index contributed by atoms with van der Waals surface area (Å²) in [7, 11) is 0. The zero-order valence-corrected chi connectivity index (χ0v) is 11.0. The van der Waals surface area contributed by atoms with Crippen molar-refractivity contribution in [1.82, 2.24) is 15.3 Å². The molecular formula is C10H16BrN6+. The molecular weight excluding hydrogens is 284 g/mol. The molecule has 0 amide bonds. The van der Waals surface area contributed by atoms with Gasteiger partial charge < -0.3 is 11.1 Å². The van der Waals surface area contributed by atoms with E-state index in [2.05, 4.69) is 36.5 Å². The molecule has 0 bridgehead atoms. The van der Waals surface area contributed by atoms with Crippen molar-refractivity contribution in [3.8, 4) is 0 Å². The normalized spacial score (nSPS) is 20.2. The summed E-state index contributed by atoms with van der Waals surface area (Å²) < 4.78 is 0.227. The molecule has 0 aromatic carbocycles. The summed E-state index contributed by atoms with van der Waals surface area (Å²) in [4.78, 5) is 8.12. The average Bonchev–Trinajstić information content (AvgIpc) is 2.30. The SMILES string of the molecule is N=C(Br)c1c(N)ncnc1[NH2+]C1CCCNC1. The lowest BCUT2D eigenvalue weighted by atomic mass is 10.1. The van der Waals surface area contributed by atoms with E-state index in [1.165, 1.54) is 12.7 Å². The Balaban J connectivity index is 2.19. The van der Waals surface area contributed by atoms with Crippen LogP contribution in [-0.2, 0) is 0 Å². The maximum Gasteiger partial charge on any atom is 0.239 e. The third-order valence-electron chi connectivity index (χ3n) is 2.85. The van der Waals surface area contributed by atoms with Crippen molar-refractivity contribution in [2.24, 2.45) is 0 Å². The summed E-state index contributed by atoms with van der Waals surface area (Å²) in [6.45, 7) is 2.04. The monoisotopic (exact) mass is 299 g/mol. The first-order valence-electron chi connectivity index (χ1n) is 5.59. The van der Waals surface area contributed by atoms with E-state index in [-0.39, 0.29) is 4.62 Å². The number of hydrogen-bond acceptors (Lipinski definition) is 5. The predicted octanol–water partition coefficient (Wildman–Crippen LogP) is -0.274. The maximum atomic E-state index is 7.66. The van der Waals surface area contributed by atoms with Gasteiger partial charge in [-0.25, -0.2) is 4.98 Å². The van der Waals surface area contributed by atoms with Crippen molar-refractivity contribution in [2.45, 2.75) is 18.9 Å². The fourth-order valence-electron chi connectivity index (χ4n) is 2.01. The first kappa shape index (κ1) is 12.4. The van der Waals surface area contributed by atoms with Gasteiger partial charge >= 0.3 is 0 Å². The summed E-state index contributed by atoms with van der Waals surface area (Å²) in [5.41, 5.74) is 6.35. The van der Waals surface area contributed by atoms with Crippen molar-refractivity contribution in [1.29, 1.82) is 5.41 Å². The second-order valence-corrected chi connectivity index (χ2v) is 4.90. The Hall–Kier alpha value is -1.05. The second-order valence-electron chi connectivity index (χ2n) is 4.11. The van der Waals surface area contributed by atoms with Gasteiger partial charge in [-0.15, -0.1) is 0 Å². The van der Waals surface area contributed by atoms with Crippen LogP contribution < -0.4 is 16.4 Å². The van der Waals surface area contributed by atoms with Crippen LogP contribution in [0.3, 0.4) is 0 Å². The highest BCUT2D eigenvalue weighted by atomic mass is 79.9. The number of hydrogen-bond donors (Lipinski definition) is 4. The fourth-order valence-corrected chi connectivity index (χ4v) is 2.42. The van der Waals surface area contributed by atoms with E-state index in [0.717, 1.165) is 25.3 Å². The van der Waals surface area contributed by atoms with Gasteiger partial charge in [0.15, 0.2) is 0 Å². The predicted molar refractivity (Wildman–Crippen MR) is 69.7 cm³/mol. The molecule has 0 saturated carbocycles. The summed E-state index contributed by atoms with van der Waals surface area (Å²) >= 11 is 3.14. The van der Waals surface area contributed by atoms with Gasteiger partial charge in [-0.05, 0) is 28.9 Å². The highest BCUT2D eigenvalue weighted by molar-refractivity contribution is 9.18. The fraction of sp³-hybridized carbons (Fsp3) is 0.500. The molecule has 1 atom stereocenters. The number of nitrogen functional groups attached to an aromatic ring is 1. The second kappa shape index (κ2) is 5.52. The van der Waals surface area contributed by atoms with Gasteiger partial charge in [-0.1, -0.05) is 0 Å². The number of anilines is 1. The largest absolute Gasteiger partial charge is 0.383 e. The molecule has 2 heterocycles. The Bertz CT molecular complexity index is 415. The molecule has 1 aromatic heterocycles. The quantitative estimate of drug-likeness (QED) is 0.577. The maximum absolute atomic E-state index is 7.66. The van der Waals surface area contributed by atoms with Crippen molar-refractivity contribution in [3.63, 3.8) is 0 Å². The van der Waals surface area contributed by atoms with Crippen LogP contribution in [0.1, 0.15) is 18.4 Å². The van der Waals surface area contributed by atoms with E-state index in [9.17, 15) is 0 Å². The van der Waals surface area contributed by atoms with E-state index < -0.39 is 0 Å². The van der Waals surface area contributed by atoms with Crippen LogP contribution in [0.2, 0.25) is 0 Å². The molecule has 0 aliphatic carbocycles. The van der Waals surface area contributed by atoms with Gasteiger partial charge in [0.05, 0.1) is 0 Å². The molecule has 0 radical (unpaired) electrons. The van der Waals surface area contributed by atoms with Crippen molar-refractivity contribution < 1.29 is 5.32 Å². The van der Waals surface area contributed by atoms with E-state index in [1.807, 2.05) is 0 Å². The van der Waals surface area contributed by atoms with Gasteiger partial charge in [-0.2, -0.15) is 4.98 Å². The summed E-state index contributed by atoms with van der Waals surface area (Å²) in [6.07, 6.45) is 3.76. The van der Waals surface area contributed by atoms with Crippen molar-refractivity contribution in [2.75, 3.05) is 18.8 Å². The number of rotatable bonds is 3. The zero-order valence-electron chi connectivity index (χ0n) is 9.41. The zero-order chi connectivity index (χ0) is 12.3. The van der Waals surface area contributed by atoms with Crippen LogP contribution in [0.4, 0.5) is 11.6 Å². The molecule has 1 saturated heterocycles. The Labute approximate surface area is 108 Å². The molecule has 1 unspecified atom stereocenters. The first-order valence-corrected chi connectivity index (χ1v) is 6.38. The summed E-state index contributed by atoms with van der Waals surface area (Å²) in [6, 6.07) is 0.448. The molecule has 1 fully saturated rings. The molecule has 0 spiro atoms. The molecule has 6 nitrogen and oxygen atoms in total. The molecule has 7 heteroatoms. The van der Waals surface area contributed by atoms with Crippen LogP contribution in [0.5, 0.6) is 0 Å². The van der Waals surface area contributed by atoms with Crippen LogP contribution in [-0.4, -0.2) is 33.7 Å². The minimum Gasteiger partial charge on any atom is -0.383 e. The van der Waals surface area contributed by atoms with Crippen LogP contribution in [0.25, 0.3) is 0 Å². The minimum absolute atomic E-state index is 0.227. The number of piperidine rings is 1. The van der Waals surface area contributed by atoms with Crippen LogP contribution in [0, 0.1) is 5.41 Å². The number of nitrogens with zero attached hydrogens (tertiary/aromatic N) is 2. The molecule has 2 rings (SSSR count). The van der Waals surface area contributed by atoms with Crippen LogP contribution >= 0.6 is 15.9 Å². The molecule has 6 N–H and O–H groups in total. The summed E-state index contributed by atoms with van der Waals surface area (Å²) in [5.74, 6) is 1.09. The molecule has 1 aromatic rings. The van der Waals surface area contributed by atoms with E-state index in [0.29, 0.717) is 17.4 Å². The van der Waals surface area contributed by atoms with E-state index >= 15 is 0 Å². The standard InChI is InChI=1S/C10H15BrN6/c11-8(12)7-9(13)15-5-16-10(7)17-6-2-1-3-14-4-6/h5-6,12,14H,1-4H2,(H3,13,15,16,17)/p+1. The van der Waals surface area contributed by atoms with Gasteiger partial charge in [0.2, 0.25) is 5.82 Å². The minimum atomic E-state index is 0.227. The topological polar surface area (TPSA) is 104 Å². The smallest absolute Gasteiger partial charge is 0.239 e. The van der Waals surface area contributed by atoms with Crippen molar-refractivity contribution in [3.05, 3.63) is 11.9 Å². The van der Waals surface area contributed by atoms with Gasteiger partial charge in [-0.3, -0.25) is 10.7 Å². The number of nitrogens with one attached hydrogen (secondary N) is 2. The Morgan fingerprint density at radius 2 is 2.41 bits per heavy atom. The third-order valence-corrected chi connectivity index (χ3v) is 3.25. The summed E-state index contributed by atoms with van der Waals surface area (Å²) in [5, 5.41) is 13.1. The number of aromatic nitrogens is 2. The first-order chi connectivity index (χ1) is 8.18. The third kappa shape index (κ3) is 2.99. The Morgan fingerprint density at radius 1 is 1.59 bits per heavy atom. The molecule has 1 aliphatic rings. The number of nitrogens with two attached hydrogens (primary N) is 2. The lowest BCUT2D eigenvalue weighted by Crippen LogP contribution is -2.87. The number of quaternary nitrogens is 1. The van der Waals surface area contributed by atoms with E-state index in [4.69, 9.17) is 11.1 Å². The van der Waals surface area contributed by atoms with E-state index in [1.54, 1.807) is 0 Å². The van der Waals surface area contributed by atoms with Gasteiger partial charge in [0, 0.05) is 13.0 Å². The average molecular weight is 300 g/mol. The van der Waals surface area contributed by atoms with Crippen molar-refractivity contribution >= 4 is 32.2 Å². The molecule has 92 valence electrons.